The summed E-state index contributed by atoms with van der Waals surface area (Å²) in [6.45, 7) is 2.37. The Hall–Kier alpha value is -4.60. The molecule has 3 aromatic carbocycles. The van der Waals surface area contributed by atoms with Gasteiger partial charge >= 0.3 is 6.09 Å². The summed E-state index contributed by atoms with van der Waals surface area (Å²) < 4.78 is 15.9. The molecule has 2 amide bonds. The molecule has 2 saturated heterocycles. The fraction of sp³-hybridized carbons (Fsp3) is 0.394. The quantitative estimate of drug-likeness (QED) is 0.229. The van der Waals surface area contributed by atoms with E-state index in [1.54, 1.807) is 4.90 Å². The average molecular weight is 588 g/mol. The first kappa shape index (κ1) is 29.9. The lowest BCUT2D eigenvalue weighted by Crippen LogP contribution is -2.44. The third-order valence-corrected chi connectivity index (χ3v) is 8.66. The van der Waals surface area contributed by atoms with Crippen LogP contribution in [0.1, 0.15) is 41.6 Å². The minimum atomic E-state index is -0.531. The molecule has 0 unspecified atom stereocenters. The topological polar surface area (TPSA) is 111 Å². The number of hydrogen-bond acceptors (Lipinski definition) is 7. The zero-order chi connectivity index (χ0) is 30.3. The van der Waals surface area contributed by atoms with Crippen LogP contribution < -0.4 is 9.47 Å². The normalized spacial score (nSPS) is 16.0. The van der Waals surface area contributed by atoms with Crippen molar-refractivity contribution in [1.82, 2.24) is 9.80 Å². The smallest absolute Gasteiger partial charge is 0.410 e. The van der Waals surface area contributed by atoms with E-state index in [1.807, 2.05) is 47.4 Å². The van der Waals surface area contributed by atoms with E-state index in [0.29, 0.717) is 36.2 Å². The Bertz CT molecular complexity index is 1430. The molecule has 3 aromatic rings. The number of hydrogen-bond donors (Lipinski definition) is 0. The van der Waals surface area contributed by atoms with E-state index in [2.05, 4.69) is 12.1 Å². The first-order chi connectivity index (χ1) is 20.9. The summed E-state index contributed by atoms with van der Waals surface area (Å²) in [7, 11) is 2.84. The molecule has 0 spiro atoms. The molecule has 0 saturated carbocycles. The highest BCUT2D eigenvalue weighted by molar-refractivity contribution is 5.94. The molecule has 0 N–H and O–H groups in total. The SMILES string of the molecule is COc1cc(COC(=O)N2CCC(C3CCN(C(=O)c4ccc(-c5ccccc5)cc4)CC3)CC2)c([N+](=O)[O-])cc1OC. The van der Waals surface area contributed by atoms with E-state index in [-0.39, 0.29) is 29.5 Å². The fourth-order valence-electron chi connectivity index (χ4n) is 6.17. The molecule has 2 fully saturated rings. The van der Waals surface area contributed by atoms with Crippen molar-refractivity contribution in [2.45, 2.75) is 32.3 Å². The van der Waals surface area contributed by atoms with Crippen LogP contribution in [0.4, 0.5) is 10.5 Å². The summed E-state index contributed by atoms with van der Waals surface area (Å²) in [6.07, 6.45) is 3.15. The number of carbonyl (C=O) groups is 2. The van der Waals surface area contributed by atoms with Gasteiger partial charge in [-0.05, 0) is 66.8 Å². The number of likely N-dealkylation sites (tertiary alicyclic amines) is 2. The first-order valence-electron chi connectivity index (χ1n) is 14.6. The van der Waals surface area contributed by atoms with Crippen molar-refractivity contribution < 1.29 is 28.7 Å². The molecule has 0 atom stereocenters. The summed E-state index contributed by atoms with van der Waals surface area (Å²) in [6, 6.07) is 20.7. The molecule has 2 heterocycles. The predicted octanol–water partition coefficient (Wildman–Crippen LogP) is 6.18. The standard InChI is InChI=1S/C33H37N3O7/c1-41-30-20-28(29(36(39)40)21-31(30)42-2)22-43-33(38)35-18-14-26(15-19-35)25-12-16-34(17-13-25)32(37)27-10-8-24(9-11-27)23-6-4-3-5-7-23/h3-11,20-21,25-26H,12-19,22H2,1-2H3. The first-order valence-corrected chi connectivity index (χ1v) is 14.6. The maximum Gasteiger partial charge on any atom is 0.410 e. The number of nitro groups is 1. The highest BCUT2D eigenvalue weighted by Crippen LogP contribution is 2.36. The van der Waals surface area contributed by atoms with Crippen LogP contribution in [0.5, 0.6) is 11.5 Å². The number of rotatable bonds is 8. The molecular formula is C33H37N3O7. The number of methoxy groups -OCH3 is 2. The maximum absolute atomic E-state index is 13.2. The number of nitro benzene ring substituents is 1. The third kappa shape index (κ3) is 6.90. The molecule has 2 aliphatic heterocycles. The molecule has 0 radical (unpaired) electrons. The Morgan fingerprint density at radius 2 is 1.33 bits per heavy atom. The number of amides is 2. The van der Waals surface area contributed by atoms with Crippen molar-refractivity contribution in [2.75, 3.05) is 40.4 Å². The zero-order valence-electron chi connectivity index (χ0n) is 24.6. The van der Waals surface area contributed by atoms with Crippen LogP contribution in [0.15, 0.2) is 66.7 Å². The summed E-state index contributed by atoms with van der Waals surface area (Å²) in [4.78, 5) is 40.6. The van der Waals surface area contributed by atoms with Gasteiger partial charge in [-0.2, -0.15) is 0 Å². The molecule has 5 rings (SSSR count). The molecule has 0 aromatic heterocycles. The van der Waals surface area contributed by atoms with Gasteiger partial charge in [-0.25, -0.2) is 4.79 Å². The van der Waals surface area contributed by atoms with Crippen molar-refractivity contribution >= 4 is 17.7 Å². The molecule has 43 heavy (non-hydrogen) atoms. The molecule has 10 nitrogen and oxygen atoms in total. The highest BCUT2D eigenvalue weighted by atomic mass is 16.6. The van der Waals surface area contributed by atoms with Crippen LogP contribution in [0.3, 0.4) is 0 Å². The summed E-state index contributed by atoms with van der Waals surface area (Å²) in [5.41, 5.74) is 2.97. The minimum absolute atomic E-state index is 0.0744. The Labute approximate surface area is 251 Å². The highest BCUT2D eigenvalue weighted by Gasteiger charge is 2.33. The van der Waals surface area contributed by atoms with Gasteiger partial charge in [0.2, 0.25) is 0 Å². The van der Waals surface area contributed by atoms with Crippen LogP contribution >= 0.6 is 0 Å². The third-order valence-electron chi connectivity index (χ3n) is 8.66. The van der Waals surface area contributed by atoms with E-state index >= 15 is 0 Å². The summed E-state index contributed by atoms with van der Waals surface area (Å²) in [5.74, 6) is 1.63. The Balaban J connectivity index is 1.08. The zero-order valence-corrected chi connectivity index (χ0v) is 24.6. The lowest BCUT2D eigenvalue weighted by Gasteiger charge is -2.40. The van der Waals surface area contributed by atoms with Gasteiger partial charge in [-0.1, -0.05) is 42.5 Å². The van der Waals surface area contributed by atoms with Crippen LogP contribution in [-0.2, 0) is 11.3 Å². The Kier molecular flexibility index (Phi) is 9.44. The van der Waals surface area contributed by atoms with Crippen molar-refractivity contribution in [3.05, 3.63) is 88.0 Å². The number of nitrogens with zero attached hydrogens (tertiary/aromatic N) is 3. The van der Waals surface area contributed by atoms with Gasteiger partial charge < -0.3 is 24.0 Å². The van der Waals surface area contributed by atoms with Crippen molar-refractivity contribution in [3.8, 4) is 22.6 Å². The number of piperidine rings is 2. The predicted molar refractivity (Wildman–Crippen MR) is 161 cm³/mol. The number of carbonyl (C=O) groups excluding carboxylic acids is 2. The lowest BCUT2D eigenvalue weighted by atomic mass is 9.79. The van der Waals surface area contributed by atoms with Gasteiger partial charge in [-0.15, -0.1) is 0 Å². The molecule has 2 aliphatic rings. The Morgan fingerprint density at radius 3 is 1.88 bits per heavy atom. The van der Waals surface area contributed by atoms with E-state index in [0.717, 1.165) is 49.9 Å². The van der Waals surface area contributed by atoms with Crippen LogP contribution in [0.25, 0.3) is 11.1 Å². The van der Waals surface area contributed by atoms with Gasteiger partial charge in [0.15, 0.2) is 11.5 Å². The van der Waals surface area contributed by atoms with Crippen molar-refractivity contribution in [1.29, 1.82) is 0 Å². The van der Waals surface area contributed by atoms with Gasteiger partial charge in [-0.3, -0.25) is 14.9 Å². The fourth-order valence-corrected chi connectivity index (χ4v) is 6.17. The molecule has 10 heteroatoms. The molecule has 0 bridgehead atoms. The molecule has 226 valence electrons. The molecule has 0 aliphatic carbocycles. The van der Waals surface area contributed by atoms with Crippen LogP contribution in [0, 0.1) is 22.0 Å². The van der Waals surface area contributed by atoms with E-state index < -0.39 is 11.0 Å². The van der Waals surface area contributed by atoms with E-state index in [4.69, 9.17) is 14.2 Å². The monoisotopic (exact) mass is 587 g/mol. The lowest BCUT2D eigenvalue weighted by molar-refractivity contribution is -0.385. The second kappa shape index (κ2) is 13.6. The number of benzene rings is 3. The van der Waals surface area contributed by atoms with Crippen LogP contribution in [-0.4, -0.2) is 67.1 Å². The van der Waals surface area contributed by atoms with Crippen LogP contribution in [0.2, 0.25) is 0 Å². The van der Waals surface area contributed by atoms with Gasteiger partial charge in [0.1, 0.15) is 6.61 Å². The summed E-state index contributed by atoms with van der Waals surface area (Å²) in [5, 5.41) is 11.5. The van der Waals surface area contributed by atoms with E-state index in [9.17, 15) is 19.7 Å². The number of ether oxygens (including phenoxy) is 3. The minimum Gasteiger partial charge on any atom is -0.493 e. The van der Waals surface area contributed by atoms with Gasteiger partial charge in [0, 0.05) is 31.7 Å². The largest absolute Gasteiger partial charge is 0.493 e. The van der Waals surface area contributed by atoms with Gasteiger partial charge in [0.05, 0.1) is 30.8 Å². The Morgan fingerprint density at radius 1 is 0.791 bits per heavy atom. The van der Waals surface area contributed by atoms with Crippen molar-refractivity contribution in [2.24, 2.45) is 11.8 Å². The second-order valence-corrected chi connectivity index (χ2v) is 11.0. The molecular weight excluding hydrogens is 550 g/mol. The second-order valence-electron chi connectivity index (χ2n) is 11.0. The average Bonchev–Trinajstić information content (AvgIpc) is 3.07. The summed E-state index contributed by atoms with van der Waals surface area (Å²) >= 11 is 0. The van der Waals surface area contributed by atoms with Gasteiger partial charge in [0.25, 0.3) is 11.6 Å². The van der Waals surface area contributed by atoms with Crippen molar-refractivity contribution in [3.63, 3.8) is 0 Å². The van der Waals surface area contributed by atoms with E-state index in [1.165, 1.54) is 26.4 Å². The maximum atomic E-state index is 13.2.